The number of hydrogen-bond donors (Lipinski definition) is 2. The Bertz CT molecular complexity index is 459. The predicted octanol–water partition coefficient (Wildman–Crippen LogP) is 3.10. The third-order valence-corrected chi connectivity index (χ3v) is 3.86. The van der Waals surface area contributed by atoms with E-state index in [-0.39, 0.29) is 17.4 Å². The van der Waals surface area contributed by atoms with Gasteiger partial charge in [-0.1, -0.05) is 13.3 Å². The van der Waals surface area contributed by atoms with Crippen molar-refractivity contribution in [2.45, 2.75) is 45.1 Å². The highest BCUT2D eigenvalue weighted by Crippen LogP contribution is 2.30. The first kappa shape index (κ1) is 13.7. The molecule has 2 atom stereocenters. The van der Waals surface area contributed by atoms with Crippen LogP contribution in [0.2, 0.25) is 0 Å². The minimum Gasteiger partial charge on any atom is -0.507 e. The average molecular weight is 263 g/mol. The quantitative estimate of drug-likeness (QED) is 0.649. The molecule has 0 heterocycles. The number of aromatic hydroxyl groups is 1. The van der Waals surface area contributed by atoms with Crippen molar-refractivity contribution in [1.82, 2.24) is 0 Å². The first-order chi connectivity index (χ1) is 9.11. The minimum absolute atomic E-state index is 0.0248. The molecule has 0 saturated heterocycles. The van der Waals surface area contributed by atoms with Crippen molar-refractivity contribution in [2.24, 2.45) is 5.92 Å². The summed E-state index contributed by atoms with van der Waals surface area (Å²) in [5.41, 5.74) is 6.16. The third kappa shape index (κ3) is 3.19. The van der Waals surface area contributed by atoms with Crippen LogP contribution < -0.4 is 5.73 Å². The summed E-state index contributed by atoms with van der Waals surface area (Å²) in [6.07, 6.45) is 5.33. The molecule has 0 aromatic heterocycles. The van der Waals surface area contributed by atoms with Gasteiger partial charge in [0.2, 0.25) is 0 Å². The number of rotatable bonds is 3. The van der Waals surface area contributed by atoms with Crippen LogP contribution in [0.4, 0.5) is 5.69 Å². The van der Waals surface area contributed by atoms with Gasteiger partial charge in [0.1, 0.15) is 17.4 Å². The van der Waals surface area contributed by atoms with E-state index in [9.17, 15) is 9.90 Å². The highest BCUT2D eigenvalue weighted by molar-refractivity contribution is 5.93. The first-order valence-electron chi connectivity index (χ1n) is 6.91. The van der Waals surface area contributed by atoms with E-state index in [2.05, 4.69) is 6.92 Å². The van der Waals surface area contributed by atoms with Crippen molar-refractivity contribution in [3.63, 3.8) is 0 Å². The maximum atomic E-state index is 12.1. The van der Waals surface area contributed by atoms with Gasteiger partial charge in [0.25, 0.3) is 0 Å². The zero-order valence-electron chi connectivity index (χ0n) is 11.3. The van der Waals surface area contributed by atoms with Gasteiger partial charge >= 0.3 is 5.97 Å². The first-order valence-corrected chi connectivity index (χ1v) is 6.91. The molecule has 104 valence electrons. The molecule has 1 aliphatic carbocycles. The van der Waals surface area contributed by atoms with Gasteiger partial charge in [-0.25, -0.2) is 4.79 Å². The van der Waals surface area contributed by atoms with E-state index in [0.717, 1.165) is 25.7 Å². The monoisotopic (exact) mass is 263 g/mol. The van der Waals surface area contributed by atoms with Crippen molar-refractivity contribution < 1.29 is 14.6 Å². The van der Waals surface area contributed by atoms with Crippen LogP contribution in [-0.4, -0.2) is 17.2 Å². The zero-order valence-corrected chi connectivity index (χ0v) is 11.3. The lowest BCUT2D eigenvalue weighted by Crippen LogP contribution is -2.29. The van der Waals surface area contributed by atoms with Gasteiger partial charge in [-0.3, -0.25) is 0 Å². The molecule has 2 unspecified atom stereocenters. The molecule has 1 aromatic rings. The van der Waals surface area contributed by atoms with Crippen LogP contribution in [-0.2, 0) is 4.74 Å². The molecule has 1 aromatic carbocycles. The summed E-state index contributed by atoms with van der Waals surface area (Å²) >= 11 is 0. The number of carbonyl (C=O) groups excluding carboxylic acids is 1. The van der Waals surface area contributed by atoms with Gasteiger partial charge in [-0.2, -0.15) is 0 Å². The van der Waals surface area contributed by atoms with Crippen LogP contribution in [0.5, 0.6) is 5.75 Å². The van der Waals surface area contributed by atoms with E-state index in [4.69, 9.17) is 10.5 Å². The van der Waals surface area contributed by atoms with E-state index < -0.39 is 5.97 Å². The third-order valence-electron chi connectivity index (χ3n) is 3.86. The molecule has 19 heavy (non-hydrogen) atoms. The van der Waals surface area contributed by atoms with Crippen molar-refractivity contribution in [3.05, 3.63) is 23.8 Å². The molecule has 1 aliphatic rings. The summed E-state index contributed by atoms with van der Waals surface area (Å²) in [5, 5.41) is 9.73. The number of esters is 1. The molecule has 2 rings (SSSR count). The number of nitrogens with two attached hydrogens (primary N) is 1. The van der Waals surface area contributed by atoms with Gasteiger partial charge in [-0.15, -0.1) is 0 Å². The Hall–Kier alpha value is -1.71. The summed E-state index contributed by atoms with van der Waals surface area (Å²) in [5.74, 6) is -0.134. The SMILES string of the molecule is CCC1CCCCC1OC(=O)c1ccc(N)cc1O. The Kier molecular flexibility index (Phi) is 4.30. The van der Waals surface area contributed by atoms with Gasteiger partial charge in [0.05, 0.1) is 0 Å². The summed E-state index contributed by atoms with van der Waals surface area (Å²) < 4.78 is 5.56. The summed E-state index contributed by atoms with van der Waals surface area (Å²) in [6, 6.07) is 4.47. The number of phenolic OH excluding ortho intramolecular Hbond substituents is 1. The second-order valence-electron chi connectivity index (χ2n) is 5.17. The highest BCUT2D eigenvalue weighted by atomic mass is 16.5. The maximum Gasteiger partial charge on any atom is 0.342 e. The zero-order chi connectivity index (χ0) is 13.8. The van der Waals surface area contributed by atoms with Crippen LogP contribution in [0.1, 0.15) is 49.4 Å². The smallest absolute Gasteiger partial charge is 0.342 e. The molecule has 0 radical (unpaired) electrons. The Balaban J connectivity index is 2.07. The van der Waals surface area contributed by atoms with E-state index in [0.29, 0.717) is 11.6 Å². The number of benzene rings is 1. The fraction of sp³-hybridized carbons (Fsp3) is 0.533. The lowest BCUT2D eigenvalue weighted by Gasteiger charge is -2.30. The Morgan fingerprint density at radius 3 is 2.84 bits per heavy atom. The molecule has 1 fully saturated rings. The predicted molar refractivity (Wildman–Crippen MR) is 74.0 cm³/mol. The lowest BCUT2D eigenvalue weighted by atomic mass is 9.85. The van der Waals surface area contributed by atoms with E-state index in [1.54, 1.807) is 6.07 Å². The second-order valence-corrected chi connectivity index (χ2v) is 5.17. The number of ether oxygens (including phenoxy) is 1. The fourth-order valence-corrected chi connectivity index (χ4v) is 2.72. The lowest BCUT2D eigenvalue weighted by molar-refractivity contribution is 0.000469. The fourth-order valence-electron chi connectivity index (χ4n) is 2.72. The van der Waals surface area contributed by atoms with Gasteiger partial charge < -0.3 is 15.6 Å². The molecule has 4 heteroatoms. The van der Waals surface area contributed by atoms with E-state index in [1.807, 2.05) is 0 Å². The molecule has 4 nitrogen and oxygen atoms in total. The number of hydrogen-bond acceptors (Lipinski definition) is 4. The summed E-state index contributed by atoms with van der Waals surface area (Å²) in [6.45, 7) is 2.12. The normalized spacial score (nSPS) is 23.0. The van der Waals surface area contributed by atoms with Crippen molar-refractivity contribution in [2.75, 3.05) is 5.73 Å². The number of nitrogen functional groups attached to an aromatic ring is 1. The standard InChI is InChI=1S/C15H21NO3/c1-2-10-5-3-4-6-14(10)19-15(18)12-8-7-11(16)9-13(12)17/h7-10,14,17H,2-6,16H2,1H3. The van der Waals surface area contributed by atoms with Gasteiger partial charge in [-0.05, 0) is 43.7 Å². The van der Waals surface area contributed by atoms with Crippen molar-refractivity contribution in [3.8, 4) is 5.75 Å². The molecule has 0 spiro atoms. The molecule has 3 N–H and O–H groups in total. The largest absolute Gasteiger partial charge is 0.507 e. The number of anilines is 1. The van der Waals surface area contributed by atoms with Crippen LogP contribution in [0, 0.1) is 5.92 Å². The maximum absolute atomic E-state index is 12.1. The Labute approximate surface area is 113 Å². The number of phenols is 1. The van der Waals surface area contributed by atoms with E-state index >= 15 is 0 Å². The van der Waals surface area contributed by atoms with Crippen molar-refractivity contribution >= 4 is 11.7 Å². The second kappa shape index (κ2) is 5.95. The van der Waals surface area contributed by atoms with Crippen LogP contribution in [0.3, 0.4) is 0 Å². The topological polar surface area (TPSA) is 72.5 Å². The molecular weight excluding hydrogens is 242 g/mol. The van der Waals surface area contributed by atoms with Crippen molar-refractivity contribution in [1.29, 1.82) is 0 Å². The molecule has 1 saturated carbocycles. The van der Waals surface area contributed by atoms with Crippen LogP contribution in [0.15, 0.2) is 18.2 Å². The number of carbonyl (C=O) groups is 1. The Morgan fingerprint density at radius 2 is 2.16 bits per heavy atom. The Morgan fingerprint density at radius 1 is 1.42 bits per heavy atom. The summed E-state index contributed by atoms with van der Waals surface area (Å²) in [4.78, 5) is 12.1. The van der Waals surface area contributed by atoms with E-state index in [1.165, 1.54) is 18.6 Å². The molecule has 0 aliphatic heterocycles. The van der Waals surface area contributed by atoms with Crippen LogP contribution in [0.25, 0.3) is 0 Å². The molecular formula is C15H21NO3. The molecule has 0 amide bonds. The van der Waals surface area contributed by atoms with Gasteiger partial charge in [0, 0.05) is 11.8 Å². The van der Waals surface area contributed by atoms with Crippen LogP contribution >= 0.6 is 0 Å². The summed E-state index contributed by atoms with van der Waals surface area (Å²) in [7, 11) is 0. The molecule has 0 bridgehead atoms. The average Bonchev–Trinajstić information content (AvgIpc) is 2.39. The van der Waals surface area contributed by atoms with Gasteiger partial charge in [0.15, 0.2) is 0 Å². The minimum atomic E-state index is -0.456. The highest BCUT2D eigenvalue weighted by Gasteiger charge is 2.28.